The van der Waals surface area contributed by atoms with Crippen LogP contribution in [0.3, 0.4) is 0 Å². The fourth-order valence-corrected chi connectivity index (χ4v) is 3.13. The highest BCUT2D eigenvalue weighted by atomic mass is 19.1. The second-order valence-corrected chi connectivity index (χ2v) is 5.23. The maximum Gasteiger partial charge on any atom is 0.237 e. The molecule has 1 aliphatic carbocycles. The van der Waals surface area contributed by atoms with Crippen molar-refractivity contribution in [2.75, 3.05) is 4.90 Å². The lowest BCUT2D eigenvalue weighted by molar-refractivity contribution is -0.122. The van der Waals surface area contributed by atoms with Crippen LogP contribution < -0.4 is 4.90 Å². The minimum atomic E-state index is -1.23. The summed E-state index contributed by atoms with van der Waals surface area (Å²) in [6.45, 7) is 0. The summed E-state index contributed by atoms with van der Waals surface area (Å²) in [5, 5.41) is 0. The van der Waals surface area contributed by atoms with E-state index in [0.29, 0.717) is 29.9 Å². The van der Waals surface area contributed by atoms with E-state index in [2.05, 4.69) is 0 Å². The van der Waals surface area contributed by atoms with Gasteiger partial charge in [-0.05, 0) is 12.8 Å². The van der Waals surface area contributed by atoms with Gasteiger partial charge in [-0.1, -0.05) is 12.8 Å². The number of hydrogen-bond acceptors (Lipinski definition) is 2. The van der Waals surface area contributed by atoms with Gasteiger partial charge in [0.25, 0.3) is 0 Å². The Morgan fingerprint density at radius 1 is 0.900 bits per heavy atom. The molecular weight excluding hydrogens is 271 g/mol. The number of nitrogens with zero attached hydrogens (tertiary/aromatic N) is 1. The maximum atomic E-state index is 13.8. The van der Waals surface area contributed by atoms with E-state index in [1.165, 1.54) is 0 Å². The zero-order valence-electron chi connectivity index (χ0n) is 10.5. The van der Waals surface area contributed by atoms with Crippen LogP contribution in [0.2, 0.25) is 0 Å². The average molecular weight is 283 g/mol. The SMILES string of the molecule is O=C1C2CCCCC2C(=O)N1c1c(F)cc(F)cc1F. The molecule has 0 spiro atoms. The zero-order valence-corrected chi connectivity index (χ0v) is 10.5. The highest BCUT2D eigenvalue weighted by Gasteiger charge is 2.50. The predicted molar refractivity (Wildman–Crippen MR) is 64.3 cm³/mol. The van der Waals surface area contributed by atoms with E-state index in [1.807, 2.05) is 0 Å². The summed E-state index contributed by atoms with van der Waals surface area (Å²) in [6, 6.07) is 0.946. The van der Waals surface area contributed by atoms with Gasteiger partial charge in [-0.15, -0.1) is 0 Å². The van der Waals surface area contributed by atoms with E-state index in [9.17, 15) is 22.8 Å². The molecule has 3 rings (SSSR count). The maximum absolute atomic E-state index is 13.8. The van der Waals surface area contributed by atoms with Crippen molar-refractivity contribution in [1.82, 2.24) is 0 Å². The smallest absolute Gasteiger partial charge is 0.237 e. The van der Waals surface area contributed by atoms with Crippen LogP contribution in [0.1, 0.15) is 25.7 Å². The van der Waals surface area contributed by atoms with Crippen LogP contribution in [-0.4, -0.2) is 11.8 Å². The van der Waals surface area contributed by atoms with Gasteiger partial charge in [-0.3, -0.25) is 9.59 Å². The third kappa shape index (κ3) is 1.82. The number of anilines is 1. The second-order valence-electron chi connectivity index (χ2n) is 5.23. The Bertz CT molecular complexity index is 555. The van der Waals surface area contributed by atoms with Crippen molar-refractivity contribution in [3.05, 3.63) is 29.6 Å². The molecule has 2 amide bonds. The molecule has 2 unspecified atom stereocenters. The highest BCUT2D eigenvalue weighted by Crippen LogP contribution is 2.41. The Hall–Kier alpha value is -1.85. The number of carbonyl (C=O) groups excluding carboxylic acids is 2. The molecule has 1 aromatic carbocycles. The number of imide groups is 1. The van der Waals surface area contributed by atoms with Gasteiger partial charge in [0, 0.05) is 12.1 Å². The van der Waals surface area contributed by atoms with Crippen LogP contribution in [0.4, 0.5) is 18.9 Å². The Kier molecular flexibility index (Phi) is 3.03. The van der Waals surface area contributed by atoms with E-state index in [-0.39, 0.29) is 0 Å². The molecule has 0 radical (unpaired) electrons. The van der Waals surface area contributed by atoms with Gasteiger partial charge in [-0.2, -0.15) is 0 Å². The Morgan fingerprint density at radius 2 is 1.35 bits per heavy atom. The number of hydrogen-bond donors (Lipinski definition) is 0. The van der Waals surface area contributed by atoms with Gasteiger partial charge in [-0.25, -0.2) is 18.1 Å². The van der Waals surface area contributed by atoms with Crippen LogP contribution in [0.5, 0.6) is 0 Å². The van der Waals surface area contributed by atoms with Gasteiger partial charge >= 0.3 is 0 Å². The van der Waals surface area contributed by atoms with E-state index in [4.69, 9.17) is 0 Å². The molecule has 1 aliphatic heterocycles. The summed E-state index contributed by atoms with van der Waals surface area (Å²) < 4.78 is 40.4. The van der Waals surface area contributed by atoms with Crippen molar-refractivity contribution < 1.29 is 22.8 Å². The number of benzene rings is 1. The summed E-state index contributed by atoms with van der Waals surface area (Å²) in [5.41, 5.74) is -0.754. The lowest BCUT2D eigenvalue weighted by atomic mass is 9.81. The van der Waals surface area contributed by atoms with Crippen LogP contribution in [-0.2, 0) is 9.59 Å². The zero-order chi connectivity index (χ0) is 14.4. The minimum absolute atomic E-state index is 0.473. The van der Waals surface area contributed by atoms with Crippen molar-refractivity contribution in [3.8, 4) is 0 Å². The molecule has 6 heteroatoms. The Balaban J connectivity index is 2.06. The van der Waals surface area contributed by atoms with Gasteiger partial charge in [0.15, 0.2) is 11.6 Å². The third-order valence-electron chi connectivity index (χ3n) is 4.05. The number of amides is 2. The standard InChI is InChI=1S/C14H12F3NO2/c15-7-5-10(16)12(11(17)6-7)18-13(19)8-3-1-2-4-9(8)14(18)20/h5-6,8-9H,1-4H2. The van der Waals surface area contributed by atoms with Crippen molar-refractivity contribution in [2.45, 2.75) is 25.7 Å². The molecule has 1 saturated heterocycles. The monoisotopic (exact) mass is 283 g/mol. The van der Waals surface area contributed by atoms with Crippen LogP contribution in [0, 0.1) is 29.3 Å². The van der Waals surface area contributed by atoms with Crippen LogP contribution in [0.15, 0.2) is 12.1 Å². The first-order valence-electron chi connectivity index (χ1n) is 6.53. The van der Waals surface area contributed by atoms with Gasteiger partial charge < -0.3 is 0 Å². The molecule has 1 saturated carbocycles. The molecule has 0 aromatic heterocycles. The quantitative estimate of drug-likeness (QED) is 0.743. The van der Waals surface area contributed by atoms with E-state index in [0.717, 1.165) is 12.8 Å². The van der Waals surface area contributed by atoms with Crippen molar-refractivity contribution in [1.29, 1.82) is 0 Å². The van der Waals surface area contributed by atoms with Crippen molar-refractivity contribution >= 4 is 17.5 Å². The summed E-state index contributed by atoms with van der Waals surface area (Å²) in [4.78, 5) is 25.0. The van der Waals surface area contributed by atoms with E-state index in [1.54, 1.807) is 0 Å². The Morgan fingerprint density at radius 3 is 1.80 bits per heavy atom. The summed E-state index contributed by atoms with van der Waals surface area (Å²) in [5.74, 6) is -5.71. The van der Waals surface area contributed by atoms with Crippen molar-refractivity contribution in [2.24, 2.45) is 11.8 Å². The van der Waals surface area contributed by atoms with E-state index >= 15 is 0 Å². The molecule has 2 fully saturated rings. The molecule has 2 aliphatic rings. The van der Waals surface area contributed by atoms with Crippen LogP contribution >= 0.6 is 0 Å². The molecule has 2 atom stereocenters. The number of halogens is 3. The number of carbonyl (C=O) groups is 2. The minimum Gasteiger partial charge on any atom is -0.274 e. The first kappa shape index (κ1) is 13.1. The topological polar surface area (TPSA) is 37.4 Å². The molecule has 106 valence electrons. The molecule has 0 bridgehead atoms. The van der Waals surface area contributed by atoms with Gasteiger partial charge in [0.05, 0.1) is 11.8 Å². The summed E-state index contributed by atoms with van der Waals surface area (Å²) >= 11 is 0. The molecule has 1 heterocycles. The molecule has 3 nitrogen and oxygen atoms in total. The lowest BCUT2D eigenvalue weighted by Crippen LogP contribution is -2.32. The third-order valence-corrected chi connectivity index (χ3v) is 4.05. The molecular formula is C14H12F3NO2. The fraction of sp³-hybridized carbons (Fsp3) is 0.429. The normalized spacial score (nSPS) is 26.1. The fourth-order valence-electron chi connectivity index (χ4n) is 3.13. The van der Waals surface area contributed by atoms with E-state index < -0.39 is 46.8 Å². The number of fused-ring (bicyclic) bond motifs is 1. The van der Waals surface area contributed by atoms with Gasteiger partial charge in [0.1, 0.15) is 11.5 Å². The van der Waals surface area contributed by atoms with Gasteiger partial charge in [0.2, 0.25) is 11.8 Å². The molecule has 1 aromatic rings. The second kappa shape index (κ2) is 4.61. The van der Waals surface area contributed by atoms with Crippen LogP contribution in [0.25, 0.3) is 0 Å². The number of rotatable bonds is 1. The highest BCUT2D eigenvalue weighted by molar-refractivity contribution is 6.22. The first-order chi connectivity index (χ1) is 9.50. The lowest BCUT2D eigenvalue weighted by Gasteiger charge is -2.19. The summed E-state index contributed by atoms with van der Waals surface area (Å²) in [6.07, 6.45) is 2.75. The summed E-state index contributed by atoms with van der Waals surface area (Å²) in [7, 11) is 0. The Labute approximate surface area is 113 Å². The first-order valence-corrected chi connectivity index (χ1v) is 6.53. The largest absolute Gasteiger partial charge is 0.274 e. The predicted octanol–water partition coefficient (Wildman–Crippen LogP) is 2.78. The molecule has 20 heavy (non-hydrogen) atoms. The van der Waals surface area contributed by atoms with Crippen molar-refractivity contribution in [3.63, 3.8) is 0 Å². The average Bonchev–Trinajstić information content (AvgIpc) is 2.64. The molecule has 0 N–H and O–H groups in total.